The summed E-state index contributed by atoms with van der Waals surface area (Å²) in [7, 11) is 0. The van der Waals surface area contributed by atoms with Crippen LogP contribution in [0.15, 0.2) is 18.2 Å². The van der Waals surface area contributed by atoms with E-state index in [1.165, 1.54) is 18.2 Å². The third kappa shape index (κ3) is 5.70. The van der Waals surface area contributed by atoms with Gasteiger partial charge < -0.3 is 20.1 Å². The van der Waals surface area contributed by atoms with E-state index in [4.69, 9.17) is 9.84 Å². The highest BCUT2D eigenvalue weighted by Crippen LogP contribution is 2.28. The van der Waals surface area contributed by atoms with Crippen molar-refractivity contribution in [3.63, 3.8) is 0 Å². The number of anilines is 1. The molecule has 0 saturated carbocycles. The molecule has 7 heteroatoms. The molecular formula is C14H19NO6. The number of aliphatic hydroxyl groups is 1. The Morgan fingerprint density at radius 1 is 1.33 bits per heavy atom. The number of carbonyl (C=O) groups is 2. The third-order valence-corrected chi connectivity index (χ3v) is 2.41. The van der Waals surface area contributed by atoms with Gasteiger partial charge in [-0.3, -0.25) is 10.1 Å². The first kappa shape index (κ1) is 16.8. The number of carboxylic acids is 1. The molecule has 1 unspecified atom stereocenters. The van der Waals surface area contributed by atoms with Gasteiger partial charge in [-0.25, -0.2) is 4.79 Å². The molecule has 0 fully saturated rings. The number of carbonyl (C=O) groups excluding carboxylic acids is 1. The Kier molecular flexibility index (Phi) is 5.15. The summed E-state index contributed by atoms with van der Waals surface area (Å²) in [6.07, 6.45) is -2.43. The molecule has 7 nitrogen and oxygen atoms in total. The fourth-order valence-corrected chi connectivity index (χ4v) is 1.56. The van der Waals surface area contributed by atoms with Gasteiger partial charge in [-0.1, -0.05) is 6.07 Å². The van der Waals surface area contributed by atoms with Crippen LogP contribution in [0.25, 0.3) is 0 Å². The second kappa shape index (κ2) is 6.45. The van der Waals surface area contributed by atoms with Crippen LogP contribution in [0.2, 0.25) is 0 Å². The minimum absolute atomic E-state index is 0.107. The number of phenols is 1. The Labute approximate surface area is 122 Å². The number of nitrogens with one attached hydrogen (secondary N) is 1. The zero-order valence-corrected chi connectivity index (χ0v) is 12.1. The number of aliphatic carboxylic acids is 1. The van der Waals surface area contributed by atoms with Crippen molar-refractivity contribution in [1.82, 2.24) is 0 Å². The average Bonchev–Trinajstić information content (AvgIpc) is 2.28. The molecule has 0 aliphatic heterocycles. The van der Waals surface area contributed by atoms with Gasteiger partial charge in [-0.15, -0.1) is 0 Å². The number of ether oxygens (including phenoxy) is 1. The van der Waals surface area contributed by atoms with E-state index in [1.807, 2.05) is 0 Å². The molecular weight excluding hydrogens is 278 g/mol. The van der Waals surface area contributed by atoms with E-state index >= 15 is 0 Å². The topological polar surface area (TPSA) is 116 Å². The lowest BCUT2D eigenvalue weighted by Crippen LogP contribution is -2.27. The van der Waals surface area contributed by atoms with Crippen LogP contribution in [0.1, 0.15) is 38.9 Å². The fraction of sp³-hybridized carbons (Fsp3) is 0.429. The first-order valence-electron chi connectivity index (χ1n) is 6.31. The smallest absolute Gasteiger partial charge is 0.412 e. The predicted molar refractivity (Wildman–Crippen MR) is 75.2 cm³/mol. The number of hydrogen-bond acceptors (Lipinski definition) is 5. The van der Waals surface area contributed by atoms with Gasteiger partial charge in [0.15, 0.2) is 0 Å². The summed E-state index contributed by atoms with van der Waals surface area (Å²) in [4.78, 5) is 22.1. The van der Waals surface area contributed by atoms with Crippen molar-refractivity contribution in [2.24, 2.45) is 0 Å². The number of hydrogen-bond donors (Lipinski definition) is 4. The first-order chi connectivity index (χ1) is 9.58. The summed E-state index contributed by atoms with van der Waals surface area (Å²) in [5.74, 6) is -1.44. The second-order valence-corrected chi connectivity index (χ2v) is 5.52. The summed E-state index contributed by atoms with van der Waals surface area (Å²) in [6.45, 7) is 5.12. The lowest BCUT2D eigenvalue weighted by atomic mass is 10.1. The van der Waals surface area contributed by atoms with Crippen molar-refractivity contribution in [2.45, 2.75) is 38.9 Å². The third-order valence-electron chi connectivity index (χ3n) is 2.41. The van der Waals surface area contributed by atoms with Gasteiger partial charge in [-0.2, -0.15) is 0 Å². The number of benzene rings is 1. The minimum Gasteiger partial charge on any atom is -0.506 e. The van der Waals surface area contributed by atoms with Crippen LogP contribution in [0, 0.1) is 0 Å². The summed E-state index contributed by atoms with van der Waals surface area (Å²) in [5.41, 5.74) is -0.322. The zero-order chi connectivity index (χ0) is 16.2. The molecule has 1 amide bonds. The molecule has 0 saturated heterocycles. The van der Waals surface area contributed by atoms with Crippen molar-refractivity contribution in [3.8, 4) is 5.75 Å². The van der Waals surface area contributed by atoms with E-state index in [0.29, 0.717) is 0 Å². The summed E-state index contributed by atoms with van der Waals surface area (Å²) >= 11 is 0. The van der Waals surface area contributed by atoms with Gasteiger partial charge in [0, 0.05) is 0 Å². The molecule has 0 aliphatic carbocycles. The van der Waals surface area contributed by atoms with Crippen molar-refractivity contribution in [2.75, 3.05) is 5.32 Å². The van der Waals surface area contributed by atoms with E-state index < -0.39 is 30.2 Å². The molecule has 1 aromatic carbocycles. The molecule has 0 radical (unpaired) electrons. The van der Waals surface area contributed by atoms with Gasteiger partial charge in [0.05, 0.1) is 18.2 Å². The van der Waals surface area contributed by atoms with Gasteiger partial charge in [-0.05, 0) is 38.5 Å². The molecule has 0 aromatic heterocycles. The molecule has 116 valence electrons. The minimum atomic E-state index is -1.23. The SMILES string of the molecule is CC(C)(C)OC(=O)Nc1ccc(C(O)CC(=O)O)cc1O. The van der Waals surface area contributed by atoms with Gasteiger partial charge in [0.25, 0.3) is 0 Å². The van der Waals surface area contributed by atoms with E-state index in [2.05, 4.69) is 5.32 Å². The lowest BCUT2D eigenvalue weighted by Gasteiger charge is -2.20. The molecule has 0 bridgehead atoms. The van der Waals surface area contributed by atoms with Crippen LogP contribution in [-0.4, -0.2) is 33.0 Å². The Morgan fingerprint density at radius 2 is 1.95 bits per heavy atom. The van der Waals surface area contributed by atoms with Crippen molar-refractivity contribution < 1.29 is 29.6 Å². The molecule has 1 aromatic rings. The molecule has 1 rings (SSSR count). The van der Waals surface area contributed by atoms with Crippen molar-refractivity contribution in [1.29, 1.82) is 0 Å². The monoisotopic (exact) mass is 297 g/mol. The zero-order valence-electron chi connectivity index (χ0n) is 12.1. The van der Waals surface area contributed by atoms with Crippen LogP contribution < -0.4 is 5.32 Å². The normalized spacial score (nSPS) is 12.6. The highest BCUT2D eigenvalue weighted by atomic mass is 16.6. The molecule has 0 spiro atoms. The maximum atomic E-state index is 11.6. The fourth-order valence-electron chi connectivity index (χ4n) is 1.56. The van der Waals surface area contributed by atoms with Crippen LogP contribution in [-0.2, 0) is 9.53 Å². The number of aromatic hydroxyl groups is 1. The average molecular weight is 297 g/mol. The predicted octanol–water partition coefficient (Wildman–Crippen LogP) is 2.25. The number of amides is 1. The van der Waals surface area contributed by atoms with E-state index in [9.17, 15) is 19.8 Å². The Hall–Kier alpha value is -2.28. The van der Waals surface area contributed by atoms with Crippen LogP contribution >= 0.6 is 0 Å². The maximum Gasteiger partial charge on any atom is 0.412 e. The van der Waals surface area contributed by atoms with Crippen molar-refractivity contribution in [3.05, 3.63) is 23.8 Å². The van der Waals surface area contributed by atoms with E-state index in [-0.39, 0.29) is 17.0 Å². The molecule has 4 N–H and O–H groups in total. The molecule has 21 heavy (non-hydrogen) atoms. The highest BCUT2D eigenvalue weighted by Gasteiger charge is 2.18. The number of phenolic OH excluding ortho intramolecular Hbond substituents is 1. The summed E-state index contributed by atoms with van der Waals surface area (Å²) in [6, 6.07) is 3.97. The first-order valence-corrected chi connectivity index (χ1v) is 6.31. The van der Waals surface area contributed by atoms with Gasteiger partial charge >= 0.3 is 12.1 Å². The van der Waals surface area contributed by atoms with Crippen molar-refractivity contribution >= 4 is 17.7 Å². The largest absolute Gasteiger partial charge is 0.506 e. The number of rotatable bonds is 4. The number of aliphatic hydroxyl groups excluding tert-OH is 1. The lowest BCUT2D eigenvalue weighted by molar-refractivity contribution is -0.139. The maximum absolute atomic E-state index is 11.6. The molecule has 0 heterocycles. The highest BCUT2D eigenvalue weighted by molar-refractivity contribution is 5.87. The number of carboxylic acid groups (broad SMARTS) is 1. The van der Waals surface area contributed by atoms with E-state index in [0.717, 1.165) is 0 Å². The van der Waals surface area contributed by atoms with Crippen LogP contribution in [0.3, 0.4) is 0 Å². The molecule has 1 atom stereocenters. The Balaban J connectivity index is 2.79. The molecule has 0 aliphatic rings. The van der Waals surface area contributed by atoms with Crippen LogP contribution in [0.5, 0.6) is 5.75 Å². The van der Waals surface area contributed by atoms with Gasteiger partial charge in [0.1, 0.15) is 11.4 Å². The van der Waals surface area contributed by atoms with Crippen LogP contribution in [0.4, 0.5) is 10.5 Å². The second-order valence-electron chi connectivity index (χ2n) is 5.52. The Bertz CT molecular complexity index is 535. The summed E-state index contributed by atoms with van der Waals surface area (Å²) < 4.78 is 5.04. The summed E-state index contributed by atoms with van der Waals surface area (Å²) in [5, 5.41) is 30.4. The van der Waals surface area contributed by atoms with Gasteiger partial charge in [0.2, 0.25) is 0 Å². The standard InChI is InChI=1S/C14H19NO6/c1-14(2,3)21-13(20)15-9-5-4-8(6-11(9)17)10(16)7-12(18)19/h4-6,10,16-17H,7H2,1-3H3,(H,15,20)(H,18,19). The van der Waals surface area contributed by atoms with E-state index in [1.54, 1.807) is 20.8 Å². The Morgan fingerprint density at radius 3 is 2.43 bits per heavy atom. The quantitative estimate of drug-likeness (QED) is 0.633.